The van der Waals surface area contributed by atoms with Crippen molar-refractivity contribution >= 4 is 0 Å². The molecule has 82 valence electrons. The number of ether oxygens (including phenoxy) is 1. The van der Waals surface area contributed by atoms with Crippen molar-refractivity contribution in [1.29, 1.82) is 0 Å². The fraction of sp³-hybridized carbons (Fsp3) is 0.400. The van der Waals surface area contributed by atoms with Crippen molar-refractivity contribution in [2.24, 2.45) is 0 Å². The van der Waals surface area contributed by atoms with Crippen LogP contribution < -0.4 is 10.1 Å². The van der Waals surface area contributed by atoms with Crippen LogP contribution in [-0.4, -0.2) is 40.9 Å². The fourth-order valence-corrected chi connectivity index (χ4v) is 0.942. The molecule has 0 radical (unpaired) electrons. The van der Waals surface area contributed by atoms with Gasteiger partial charge in [-0.05, 0) is 6.07 Å². The Labute approximate surface area is 88.8 Å². The second kappa shape index (κ2) is 6.92. The molecule has 0 aliphatic carbocycles. The van der Waals surface area contributed by atoms with Gasteiger partial charge in [-0.25, -0.2) is 9.97 Å². The first-order chi connectivity index (χ1) is 7.33. The van der Waals surface area contributed by atoms with Crippen LogP contribution in [-0.2, 0) is 0 Å². The lowest BCUT2D eigenvalue weighted by Crippen LogP contribution is -2.31. The van der Waals surface area contributed by atoms with Crippen molar-refractivity contribution in [3.8, 4) is 6.01 Å². The van der Waals surface area contributed by atoms with Crippen LogP contribution in [0.4, 0.5) is 0 Å². The molecule has 2 N–H and O–H groups in total. The Bertz CT molecular complexity index is 279. The topological polar surface area (TPSA) is 67.3 Å². The fourth-order valence-electron chi connectivity index (χ4n) is 0.942. The highest BCUT2D eigenvalue weighted by Gasteiger charge is 2.04. The average molecular weight is 209 g/mol. The first-order valence-corrected chi connectivity index (χ1v) is 4.72. The quantitative estimate of drug-likeness (QED) is 0.488. The van der Waals surface area contributed by atoms with Crippen LogP contribution in [0.1, 0.15) is 0 Å². The number of nitrogens with one attached hydrogen (secondary N) is 1. The molecule has 1 unspecified atom stereocenters. The summed E-state index contributed by atoms with van der Waals surface area (Å²) in [4.78, 5) is 7.73. The highest BCUT2D eigenvalue weighted by molar-refractivity contribution is 4.93. The molecular formula is C10H15N3O2. The van der Waals surface area contributed by atoms with Gasteiger partial charge in [-0.1, -0.05) is 6.08 Å². The number of hydrogen-bond donors (Lipinski definition) is 2. The van der Waals surface area contributed by atoms with E-state index in [1.165, 1.54) is 0 Å². The van der Waals surface area contributed by atoms with E-state index in [-0.39, 0.29) is 12.6 Å². The van der Waals surface area contributed by atoms with Crippen LogP contribution in [0, 0.1) is 0 Å². The molecule has 0 saturated carbocycles. The average Bonchev–Trinajstić information content (AvgIpc) is 2.28. The summed E-state index contributed by atoms with van der Waals surface area (Å²) in [5.41, 5.74) is 0. The minimum Gasteiger partial charge on any atom is -0.461 e. The summed E-state index contributed by atoms with van der Waals surface area (Å²) in [6.07, 6.45) is 4.33. The Kier molecular flexibility index (Phi) is 5.35. The van der Waals surface area contributed by atoms with E-state index >= 15 is 0 Å². The van der Waals surface area contributed by atoms with Crippen LogP contribution >= 0.6 is 0 Å². The smallest absolute Gasteiger partial charge is 0.316 e. The van der Waals surface area contributed by atoms with E-state index in [1.54, 1.807) is 24.5 Å². The van der Waals surface area contributed by atoms with E-state index in [4.69, 9.17) is 4.74 Å². The van der Waals surface area contributed by atoms with E-state index < -0.39 is 6.10 Å². The SMILES string of the molecule is C=CCNCC(O)COc1ncccn1. The van der Waals surface area contributed by atoms with Crippen LogP contribution in [0.15, 0.2) is 31.1 Å². The van der Waals surface area contributed by atoms with Crippen molar-refractivity contribution in [2.45, 2.75) is 6.10 Å². The molecule has 1 aromatic rings. The molecule has 0 saturated heterocycles. The summed E-state index contributed by atoms with van der Waals surface area (Å²) in [5.74, 6) is 0. The van der Waals surface area contributed by atoms with E-state index in [0.717, 1.165) is 0 Å². The summed E-state index contributed by atoms with van der Waals surface area (Å²) in [5, 5.41) is 12.4. The van der Waals surface area contributed by atoms with E-state index in [0.29, 0.717) is 13.1 Å². The molecule has 0 aliphatic rings. The Morgan fingerprint density at radius 1 is 1.53 bits per heavy atom. The molecule has 1 aromatic heterocycles. The molecule has 0 aromatic carbocycles. The molecule has 1 rings (SSSR count). The molecule has 1 heterocycles. The van der Waals surface area contributed by atoms with E-state index in [9.17, 15) is 5.11 Å². The lowest BCUT2D eigenvalue weighted by molar-refractivity contribution is 0.102. The van der Waals surface area contributed by atoms with E-state index in [2.05, 4.69) is 21.9 Å². The normalized spacial score (nSPS) is 12.1. The highest BCUT2D eigenvalue weighted by atomic mass is 16.5. The maximum atomic E-state index is 9.46. The zero-order valence-electron chi connectivity index (χ0n) is 8.47. The predicted molar refractivity (Wildman–Crippen MR) is 56.6 cm³/mol. The van der Waals surface area contributed by atoms with Crippen molar-refractivity contribution in [3.05, 3.63) is 31.1 Å². The summed E-state index contributed by atoms with van der Waals surface area (Å²) in [6.45, 7) is 4.85. The largest absolute Gasteiger partial charge is 0.461 e. The standard InChI is InChI=1S/C10H15N3O2/c1-2-4-11-7-9(14)8-15-10-12-5-3-6-13-10/h2-3,5-6,9,11,14H,1,4,7-8H2. The first-order valence-electron chi connectivity index (χ1n) is 4.72. The van der Waals surface area contributed by atoms with Crippen molar-refractivity contribution in [1.82, 2.24) is 15.3 Å². The van der Waals surface area contributed by atoms with Gasteiger partial charge >= 0.3 is 6.01 Å². The molecule has 5 nitrogen and oxygen atoms in total. The van der Waals surface area contributed by atoms with E-state index in [1.807, 2.05) is 0 Å². The van der Waals surface area contributed by atoms with Gasteiger partial charge in [0.25, 0.3) is 0 Å². The molecule has 1 atom stereocenters. The molecule has 15 heavy (non-hydrogen) atoms. The van der Waals surface area contributed by atoms with Gasteiger partial charge in [0, 0.05) is 25.5 Å². The third-order valence-corrected chi connectivity index (χ3v) is 1.62. The minimum absolute atomic E-state index is 0.175. The minimum atomic E-state index is -0.575. The Balaban J connectivity index is 2.16. The van der Waals surface area contributed by atoms with Gasteiger partial charge in [-0.15, -0.1) is 6.58 Å². The second-order valence-electron chi connectivity index (χ2n) is 2.94. The van der Waals surface area contributed by atoms with Gasteiger partial charge < -0.3 is 15.2 Å². The zero-order valence-corrected chi connectivity index (χ0v) is 8.47. The van der Waals surface area contributed by atoms with Gasteiger partial charge in [0.05, 0.1) is 0 Å². The van der Waals surface area contributed by atoms with Crippen molar-refractivity contribution < 1.29 is 9.84 Å². The number of hydrogen-bond acceptors (Lipinski definition) is 5. The highest BCUT2D eigenvalue weighted by Crippen LogP contribution is 1.97. The molecule has 0 fully saturated rings. The lowest BCUT2D eigenvalue weighted by Gasteiger charge is -2.10. The lowest BCUT2D eigenvalue weighted by atomic mass is 10.4. The summed E-state index contributed by atoms with van der Waals surface area (Å²) in [7, 11) is 0. The van der Waals surface area contributed by atoms with Crippen molar-refractivity contribution in [3.63, 3.8) is 0 Å². The maximum Gasteiger partial charge on any atom is 0.316 e. The summed E-state index contributed by atoms with van der Waals surface area (Å²) in [6, 6.07) is 1.98. The number of aliphatic hydroxyl groups is 1. The zero-order chi connectivity index (χ0) is 10.9. The van der Waals surface area contributed by atoms with Crippen LogP contribution in [0.3, 0.4) is 0 Å². The van der Waals surface area contributed by atoms with Crippen molar-refractivity contribution in [2.75, 3.05) is 19.7 Å². The molecule has 0 aliphatic heterocycles. The van der Waals surface area contributed by atoms with Crippen LogP contribution in [0.2, 0.25) is 0 Å². The summed E-state index contributed by atoms with van der Waals surface area (Å²) >= 11 is 0. The maximum absolute atomic E-state index is 9.46. The van der Waals surface area contributed by atoms with Gasteiger partial charge in [0.1, 0.15) is 12.7 Å². The second-order valence-corrected chi connectivity index (χ2v) is 2.94. The Morgan fingerprint density at radius 3 is 2.93 bits per heavy atom. The van der Waals surface area contributed by atoms with Gasteiger partial charge in [-0.2, -0.15) is 0 Å². The number of aromatic nitrogens is 2. The predicted octanol–water partition coefficient (Wildman–Crippen LogP) is -0.00810. The number of aliphatic hydroxyl groups excluding tert-OH is 1. The van der Waals surface area contributed by atoms with Crippen LogP contribution in [0.5, 0.6) is 6.01 Å². The molecular weight excluding hydrogens is 194 g/mol. The molecule has 0 spiro atoms. The molecule has 0 amide bonds. The monoisotopic (exact) mass is 209 g/mol. The third kappa shape index (κ3) is 5.09. The molecule has 5 heteroatoms. The van der Waals surface area contributed by atoms with Gasteiger partial charge in [-0.3, -0.25) is 0 Å². The number of nitrogens with zero attached hydrogens (tertiary/aromatic N) is 2. The van der Waals surface area contributed by atoms with Gasteiger partial charge in [0.15, 0.2) is 0 Å². The third-order valence-electron chi connectivity index (χ3n) is 1.62. The van der Waals surface area contributed by atoms with Gasteiger partial charge in [0.2, 0.25) is 0 Å². The Morgan fingerprint density at radius 2 is 2.27 bits per heavy atom. The van der Waals surface area contributed by atoms with Crippen LogP contribution in [0.25, 0.3) is 0 Å². The molecule has 0 bridgehead atoms. The first kappa shape index (κ1) is 11.6. The number of rotatable bonds is 7. The summed E-state index contributed by atoms with van der Waals surface area (Å²) < 4.78 is 5.16. The Hall–Kier alpha value is -1.46.